The monoisotopic (exact) mass is 525 g/mol. The lowest BCUT2D eigenvalue weighted by Crippen LogP contribution is -2.56. The average molecular weight is 526 g/mol. The standard InChI is InChI=1S/C29H39N3O6/c1-18(2)37-16-8-15-32-25(27(34)30-19-9-5-4-6-10-19)29-14-13-22(38-29)23(24(29)28(32)35)26(33)31-20-11-7-12-21(17-20)36-3/h7,11-14,17-19,22-25H,4-6,8-10,15-16H2,1-3H3,(H,30,34)(H,31,33)/t22-,23-,24-,25+,29-/m1/s1. The third-order valence-electron chi connectivity index (χ3n) is 8.21. The van der Waals surface area contributed by atoms with E-state index in [1.165, 1.54) is 6.42 Å². The molecule has 3 amide bonds. The fourth-order valence-corrected chi connectivity index (χ4v) is 6.52. The van der Waals surface area contributed by atoms with Crippen LogP contribution in [0.3, 0.4) is 0 Å². The number of nitrogens with one attached hydrogen (secondary N) is 2. The number of hydrogen-bond donors (Lipinski definition) is 2. The van der Waals surface area contributed by atoms with Gasteiger partial charge in [0.15, 0.2) is 0 Å². The van der Waals surface area contributed by atoms with Crippen molar-refractivity contribution in [3.05, 3.63) is 36.4 Å². The normalized spacial score (nSPS) is 30.1. The lowest BCUT2D eigenvalue weighted by molar-refractivity contribution is -0.141. The van der Waals surface area contributed by atoms with E-state index in [2.05, 4.69) is 10.6 Å². The molecule has 1 saturated carbocycles. The molecule has 0 radical (unpaired) electrons. The second-order valence-electron chi connectivity index (χ2n) is 11.1. The Morgan fingerprint density at radius 3 is 2.71 bits per heavy atom. The number of benzene rings is 1. The molecule has 0 aromatic heterocycles. The zero-order valence-corrected chi connectivity index (χ0v) is 22.5. The highest BCUT2D eigenvalue weighted by Gasteiger charge is 2.72. The van der Waals surface area contributed by atoms with Crippen LogP contribution in [0.4, 0.5) is 5.69 Å². The van der Waals surface area contributed by atoms with Crippen molar-refractivity contribution in [3.63, 3.8) is 0 Å². The number of fused-ring (bicyclic) bond motifs is 1. The summed E-state index contributed by atoms with van der Waals surface area (Å²) in [5.74, 6) is -1.59. The van der Waals surface area contributed by atoms with Crippen LogP contribution < -0.4 is 15.4 Å². The lowest BCUT2D eigenvalue weighted by Gasteiger charge is -2.34. The maximum Gasteiger partial charge on any atom is 0.246 e. The van der Waals surface area contributed by atoms with Crippen LogP contribution in [0.2, 0.25) is 0 Å². The fourth-order valence-electron chi connectivity index (χ4n) is 6.52. The predicted octanol–water partition coefficient (Wildman–Crippen LogP) is 3.05. The largest absolute Gasteiger partial charge is 0.497 e. The van der Waals surface area contributed by atoms with Crippen LogP contribution in [0.15, 0.2) is 36.4 Å². The molecular formula is C29H39N3O6. The number of rotatable bonds is 10. The highest BCUT2D eigenvalue weighted by atomic mass is 16.5. The number of anilines is 1. The van der Waals surface area contributed by atoms with Gasteiger partial charge < -0.3 is 29.7 Å². The minimum Gasteiger partial charge on any atom is -0.497 e. The molecule has 4 aliphatic rings. The second kappa shape index (κ2) is 11.1. The molecule has 5 rings (SSSR count). The molecule has 0 unspecified atom stereocenters. The molecule has 1 spiro atoms. The molecule has 206 valence electrons. The van der Waals surface area contributed by atoms with Crippen molar-refractivity contribution in [2.24, 2.45) is 11.8 Å². The topological polar surface area (TPSA) is 106 Å². The Morgan fingerprint density at radius 2 is 1.97 bits per heavy atom. The van der Waals surface area contributed by atoms with Crippen molar-refractivity contribution in [2.75, 3.05) is 25.6 Å². The van der Waals surface area contributed by atoms with E-state index in [9.17, 15) is 14.4 Å². The van der Waals surface area contributed by atoms with E-state index < -0.39 is 29.6 Å². The van der Waals surface area contributed by atoms with Gasteiger partial charge in [-0.1, -0.05) is 37.5 Å². The third-order valence-corrected chi connectivity index (χ3v) is 8.21. The summed E-state index contributed by atoms with van der Waals surface area (Å²) in [6.07, 6.45) is 9.04. The van der Waals surface area contributed by atoms with Gasteiger partial charge in [0, 0.05) is 30.9 Å². The smallest absolute Gasteiger partial charge is 0.246 e. The van der Waals surface area contributed by atoms with Crippen molar-refractivity contribution < 1.29 is 28.6 Å². The average Bonchev–Trinajstić information content (AvgIpc) is 3.54. The summed E-state index contributed by atoms with van der Waals surface area (Å²) in [6.45, 7) is 4.77. The van der Waals surface area contributed by atoms with Gasteiger partial charge in [0.1, 0.15) is 17.4 Å². The summed E-state index contributed by atoms with van der Waals surface area (Å²) < 4.78 is 17.4. The van der Waals surface area contributed by atoms with Crippen molar-refractivity contribution in [2.45, 2.75) is 82.3 Å². The molecular weight excluding hydrogens is 486 g/mol. The first kappa shape index (κ1) is 26.7. The first-order valence-electron chi connectivity index (χ1n) is 13.9. The third kappa shape index (κ3) is 4.94. The minimum absolute atomic E-state index is 0.0826. The first-order valence-corrected chi connectivity index (χ1v) is 13.9. The van der Waals surface area contributed by atoms with E-state index in [-0.39, 0.29) is 29.9 Å². The maximum atomic E-state index is 14.0. The van der Waals surface area contributed by atoms with Crippen LogP contribution in [-0.4, -0.2) is 72.8 Å². The van der Waals surface area contributed by atoms with Crippen LogP contribution in [0.1, 0.15) is 52.4 Å². The summed E-state index contributed by atoms with van der Waals surface area (Å²) in [5, 5.41) is 6.15. The second-order valence-corrected chi connectivity index (χ2v) is 11.1. The molecule has 9 nitrogen and oxygen atoms in total. The van der Waals surface area contributed by atoms with Crippen LogP contribution in [0, 0.1) is 11.8 Å². The SMILES string of the molecule is COc1cccc(NC(=O)[C@@H]2[C@H]3C=C[C@]4(O3)[C@H](C(=O)NC3CCCCC3)N(CCCOC(C)C)C(=O)[C@@H]24)c1. The van der Waals surface area contributed by atoms with Crippen molar-refractivity contribution >= 4 is 23.4 Å². The number of likely N-dealkylation sites (tertiary alicyclic amines) is 1. The van der Waals surface area contributed by atoms with Gasteiger partial charge in [-0.15, -0.1) is 0 Å². The molecule has 2 N–H and O–H groups in total. The van der Waals surface area contributed by atoms with Gasteiger partial charge in [-0.25, -0.2) is 0 Å². The number of nitrogens with zero attached hydrogens (tertiary/aromatic N) is 1. The van der Waals surface area contributed by atoms with Crippen LogP contribution in [0.5, 0.6) is 5.75 Å². The van der Waals surface area contributed by atoms with Crippen molar-refractivity contribution in [1.29, 1.82) is 0 Å². The number of hydrogen-bond acceptors (Lipinski definition) is 6. The molecule has 1 aliphatic carbocycles. The van der Waals surface area contributed by atoms with Crippen molar-refractivity contribution in [1.82, 2.24) is 10.2 Å². The lowest BCUT2D eigenvalue weighted by atomic mass is 9.74. The summed E-state index contributed by atoms with van der Waals surface area (Å²) in [6, 6.07) is 6.37. The van der Waals surface area contributed by atoms with Crippen molar-refractivity contribution in [3.8, 4) is 5.75 Å². The van der Waals surface area contributed by atoms with Gasteiger partial charge in [-0.2, -0.15) is 0 Å². The van der Waals surface area contributed by atoms with Gasteiger partial charge in [-0.05, 0) is 45.2 Å². The number of amides is 3. The number of carbonyl (C=O) groups is 3. The minimum atomic E-state index is -1.16. The molecule has 3 fully saturated rings. The Hall–Kier alpha value is -2.91. The Labute approximate surface area is 224 Å². The molecule has 3 heterocycles. The maximum absolute atomic E-state index is 14.0. The van der Waals surface area contributed by atoms with Crippen LogP contribution in [-0.2, 0) is 23.9 Å². The van der Waals surface area contributed by atoms with E-state index in [1.54, 1.807) is 36.3 Å². The fraction of sp³-hybridized carbons (Fsp3) is 0.621. The highest BCUT2D eigenvalue weighted by molar-refractivity contribution is 6.02. The Balaban J connectivity index is 1.39. The van der Waals surface area contributed by atoms with E-state index in [1.807, 2.05) is 26.0 Å². The van der Waals surface area contributed by atoms with E-state index in [0.717, 1.165) is 25.7 Å². The van der Waals surface area contributed by atoms with Gasteiger partial charge in [0.05, 0.1) is 31.2 Å². The Bertz CT molecular complexity index is 1080. The van der Waals surface area contributed by atoms with Gasteiger partial charge in [0.25, 0.3) is 0 Å². The van der Waals surface area contributed by atoms with Crippen LogP contribution >= 0.6 is 0 Å². The summed E-state index contributed by atoms with van der Waals surface area (Å²) >= 11 is 0. The summed E-state index contributed by atoms with van der Waals surface area (Å²) in [5.41, 5.74) is -0.578. The van der Waals surface area contributed by atoms with Crippen LogP contribution in [0.25, 0.3) is 0 Å². The highest BCUT2D eigenvalue weighted by Crippen LogP contribution is 2.55. The van der Waals surface area contributed by atoms with Gasteiger partial charge in [0.2, 0.25) is 17.7 Å². The molecule has 1 aromatic carbocycles. The number of ether oxygens (including phenoxy) is 3. The predicted molar refractivity (Wildman–Crippen MR) is 142 cm³/mol. The number of methoxy groups -OCH3 is 1. The zero-order valence-electron chi connectivity index (χ0n) is 22.5. The Morgan fingerprint density at radius 1 is 1.18 bits per heavy atom. The molecule has 9 heteroatoms. The molecule has 1 aromatic rings. The van der Waals surface area contributed by atoms with Gasteiger partial charge in [-0.3, -0.25) is 14.4 Å². The summed E-state index contributed by atoms with van der Waals surface area (Å²) in [7, 11) is 1.57. The molecule has 3 aliphatic heterocycles. The molecule has 38 heavy (non-hydrogen) atoms. The van der Waals surface area contributed by atoms with E-state index in [4.69, 9.17) is 14.2 Å². The van der Waals surface area contributed by atoms with Gasteiger partial charge >= 0.3 is 0 Å². The molecule has 2 bridgehead atoms. The number of carbonyl (C=O) groups excluding carboxylic acids is 3. The van der Waals surface area contributed by atoms with E-state index >= 15 is 0 Å². The quantitative estimate of drug-likeness (QED) is 0.359. The molecule has 2 saturated heterocycles. The molecule has 5 atom stereocenters. The first-order chi connectivity index (χ1) is 18.3. The Kier molecular flexibility index (Phi) is 7.77. The zero-order chi connectivity index (χ0) is 26.9. The van der Waals surface area contributed by atoms with E-state index in [0.29, 0.717) is 31.0 Å². The summed E-state index contributed by atoms with van der Waals surface area (Å²) in [4.78, 5) is 43.0.